The number of carbonyl (C=O) groups is 1. The highest BCUT2D eigenvalue weighted by Crippen LogP contribution is 2.17. The van der Waals surface area contributed by atoms with E-state index in [1.54, 1.807) is 31.3 Å². The van der Waals surface area contributed by atoms with Gasteiger partial charge < -0.3 is 10.1 Å². The molecule has 2 N–H and O–H groups in total. The number of hydrogen-bond donors (Lipinski definition) is 2. The quantitative estimate of drug-likeness (QED) is 0.864. The Bertz CT molecular complexity index is 670. The summed E-state index contributed by atoms with van der Waals surface area (Å²) >= 11 is 0. The third-order valence-corrected chi connectivity index (χ3v) is 2.85. The molecule has 1 aromatic heterocycles. The molecule has 0 fully saturated rings. The topological polar surface area (TPSA) is 89.0 Å². The molecule has 7 heteroatoms. The fraction of sp³-hybridized carbons (Fsp3) is 0.357. The molecule has 2 aromatic rings. The first-order chi connectivity index (χ1) is 9.97. The zero-order valence-corrected chi connectivity index (χ0v) is 12.2. The SMILES string of the molecule is CC(C)OCC(=O)Nc1ccc(-c2n[nH]c(=O)n2C)cc1. The Morgan fingerprint density at radius 1 is 1.38 bits per heavy atom. The number of aromatic amines is 1. The number of amides is 1. The van der Waals surface area contributed by atoms with Gasteiger partial charge in [-0.1, -0.05) is 0 Å². The molecule has 0 saturated carbocycles. The van der Waals surface area contributed by atoms with Crippen molar-refractivity contribution in [1.82, 2.24) is 14.8 Å². The third-order valence-electron chi connectivity index (χ3n) is 2.85. The number of nitrogens with one attached hydrogen (secondary N) is 2. The molecule has 2 rings (SSSR count). The van der Waals surface area contributed by atoms with E-state index in [1.165, 1.54) is 4.57 Å². The molecule has 0 aliphatic carbocycles. The van der Waals surface area contributed by atoms with E-state index in [2.05, 4.69) is 15.5 Å². The molecule has 0 aliphatic heterocycles. The van der Waals surface area contributed by atoms with Crippen molar-refractivity contribution >= 4 is 11.6 Å². The van der Waals surface area contributed by atoms with Crippen LogP contribution < -0.4 is 11.0 Å². The van der Waals surface area contributed by atoms with Gasteiger partial charge in [-0.3, -0.25) is 9.36 Å². The van der Waals surface area contributed by atoms with Crippen LogP contribution in [0.4, 0.5) is 5.69 Å². The molecule has 112 valence electrons. The molecular weight excluding hydrogens is 272 g/mol. The van der Waals surface area contributed by atoms with Crippen LogP contribution in [0.15, 0.2) is 29.1 Å². The van der Waals surface area contributed by atoms with Crippen LogP contribution in [-0.2, 0) is 16.6 Å². The molecular formula is C14H18N4O3. The molecule has 0 spiro atoms. The van der Waals surface area contributed by atoms with E-state index in [0.29, 0.717) is 11.5 Å². The molecule has 0 radical (unpaired) electrons. The largest absolute Gasteiger partial charge is 0.369 e. The molecule has 1 aromatic carbocycles. The lowest BCUT2D eigenvalue weighted by Gasteiger charge is -2.09. The summed E-state index contributed by atoms with van der Waals surface area (Å²) in [7, 11) is 1.64. The summed E-state index contributed by atoms with van der Waals surface area (Å²) in [5.74, 6) is 0.338. The van der Waals surface area contributed by atoms with Crippen LogP contribution in [0.5, 0.6) is 0 Å². The number of carbonyl (C=O) groups excluding carboxylic acids is 1. The summed E-state index contributed by atoms with van der Waals surface area (Å²) in [4.78, 5) is 23.0. The Labute approximate surface area is 121 Å². The average Bonchev–Trinajstić information content (AvgIpc) is 2.78. The second-order valence-corrected chi connectivity index (χ2v) is 4.90. The van der Waals surface area contributed by atoms with Crippen LogP contribution >= 0.6 is 0 Å². The minimum atomic E-state index is -0.270. The number of rotatable bonds is 5. The molecule has 0 unspecified atom stereocenters. The lowest BCUT2D eigenvalue weighted by atomic mass is 10.2. The number of aromatic nitrogens is 3. The van der Waals surface area contributed by atoms with Crippen molar-refractivity contribution < 1.29 is 9.53 Å². The zero-order chi connectivity index (χ0) is 15.4. The van der Waals surface area contributed by atoms with Crippen molar-refractivity contribution in [2.45, 2.75) is 20.0 Å². The highest BCUT2D eigenvalue weighted by Gasteiger charge is 2.08. The maximum absolute atomic E-state index is 11.6. The molecule has 7 nitrogen and oxygen atoms in total. The van der Waals surface area contributed by atoms with Gasteiger partial charge in [0, 0.05) is 18.3 Å². The molecule has 1 amide bonds. The standard InChI is InChI=1S/C14H18N4O3/c1-9(2)21-8-12(19)15-11-6-4-10(5-7-11)13-16-17-14(20)18(13)3/h4-7,9H,8H2,1-3H3,(H,15,19)(H,17,20). The lowest BCUT2D eigenvalue weighted by Crippen LogP contribution is -2.20. The van der Waals surface area contributed by atoms with Gasteiger partial charge in [0.2, 0.25) is 5.91 Å². The van der Waals surface area contributed by atoms with Crippen molar-refractivity contribution in [2.24, 2.45) is 7.05 Å². The van der Waals surface area contributed by atoms with E-state index >= 15 is 0 Å². The average molecular weight is 290 g/mol. The Balaban J connectivity index is 2.04. The third kappa shape index (κ3) is 3.79. The molecule has 0 saturated heterocycles. The number of H-pyrrole nitrogens is 1. The molecule has 1 heterocycles. The predicted octanol–water partition coefficient (Wildman–Crippen LogP) is 1.14. The lowest BCUT2D eigenvalue weighted by molar-refractivity contribution is -0.121. The van der Waals surface area contributed by atoms with Gasteiger partial charge in [0.25, 0.3) is 0 Å². The molecule has 0 bridgehead atoms. The van der Waals surface area contributed by atoms with Crippen LogP contribution in [0.1, 0.15) is 13.8 Å². The van der Waals surface area contributed by atoms with Gasteiger partial charge in [0.1, 0.15) is 6.61 Å². The number of hydrogen-bond acceptors (Lipinski definition) is 4. The Kier molecular flexibility index (Phi) is 4.54. The predicted molar refractivity (Wildman–Crippen MR) is 79.0 cm³/mol. The summed E-state index contributed by atoms with van der Waals surface area (Å²) in [6.45, 7) is 3.76. The Morgan fingerprint density at radius 2 is 2.05 bits per heavy atom. The van der Waals surface area contributed by atoms with Crippen molar-refractivity contribution in [3.63, 3.8) is 0 Å². The Hall–Kier alpha value is -2.41. The first kappa shape index (κ1) is 15.0. The van der Waals surface area contributed by atoms with Crippen LogP contribution in [0.25, 0.3) is 11.4 Å². The van der Waals surface area contributed by atoms with Gasteiger partial charge in [-0.15, -0.1) is 0 Å². The smallest absolute Gasteiger partial charge is 0.343 e. The second-order valence-electron chi connectivity index (χ2n) is 4.90. The van der Waals surface area contributed by atoms with Crippen LogP contribution in [0.3, 0.4) is 0 Å². The van der Waals surface area contributed by atoms with Gasteiger partial charge in [-0.05, 0) is 38.1 Å². The van der Waals surface area contributed by atoms with Gasteiger partial charge in [-0.25, -0.2) is 9.89 Å². The monoisotopic (exact) mass is 290 g/mol. The number of anilines is 1. The highest BCUT2D eigenvalue weighted by molar-refractivity contribution is 5.91. The minimum absolute atomic E-state index is 0.0130. The van der Waals surface area contributed by atoms with Crippen molar-refractivity contribution in [3.05, 3.63) is 34.7 Å². The fourth-order valence-corrected chi connectivity index (χ4v) is 1.75. The first-order valence-corrected chi connectivity index (χ1v) is 6.60. The van der Waals surface area contributed by atoms with Crippen molar-refractivity contribution in [2.75, 3.05) is 11.9 Å². The second kappa shape index (κ2) is 6.36. The van der Waals surface area contributed by atoms with Gasteiger partial charge >= 0.3 is 5.69 Å². The molecule has 21 heavy (non-hydrogen) atoms. The number of ether oxygens (including phenoxy) is 1. The van der Waals surface area contributed by atoms with Crippen molar-refractivity contribution in [3.8, 4) is 11.4 Å². The van der Waals surface area contributed by atoms with Crippen LogP contribution in [-0.4, -0.2) is 33.4 Å². The van der Waals surface area contributed by atoms with E-state index in [4.69, 9.17) is 4.74 Å². The van der Waals surface area contributed by atoms with Crippen molar-refractivity contribution in [1.29, 1.82) is 0 Å². The summed E-state index contributed by atoms with van der Waals surface area (Å²) in [5, 5.41) is 9.06. The van der Waals surface area contributed by atoms with Crippen LogP contribution in [0, 0.1) is 0 Å². The number of benzene rings is 1. The van der Waals surface area contributed by atoms with Gasteiger partial charge in [0.15, 0.2) is 5.82 Å². The van der Waals surface area contributed by atoms with E-state index < -0.39 is 0 Å². The normalized spacial score (nSPS) is 10.9. The summed E-state index contributed by atoms with van der Waals surface area (Å²) < 4.78 is 6.64. The summed E-state index contributed by atoms with van der Waals surface area (Å²) in [6.07, 6.45) is 0.0130. The molecule has 0 aliphatic rings. The van der Waals surface area contributed by atoms with Crippen LogP contribution in [0.2, 0.25) is 0 Å². The maximum atomic E-state index is 11.6. The van der Waals surface area contributed by atoms with E-state index in [-0.39, 0.29) is 24.3 Å². The number of nitrogens with zero attached hydrogens (tertiary/aromatic N) is 2. The summed E-state index contributed by atoms with van der Waals surface area (Å²) in [6, 6.07) is 7.08. The van der Waals surface area contributed by atoms with E-state index in [9.17, 15) is 9.59 Å². The fourth-order valence-electron chi connectivity index (χ4n) is 1.75. The molecule has 0 atom stereocenters. The summed E-state index contributed by atoms with van der Waals surface area (Å²) in [5.41, 5.74) is 1.18. The highest BCUT2D eigenvalue weighted by atomic mass is 16.5. The Morgan fingerprint density at radius 3 is 2.57 bits per heavy atom. The first-order valence-electron chi connectivity index (χ1n) is 6.60. The zero-order valence-electron chi connectivity index (χ0n) is 12.2. The van der Waals surface area contributed by atoms with Gasteiger partial charge in [0.05, 0.1) is 6.10 Å². The minimum Gasteiger partial charge on any atom is -0.369 e. The van der Waals surface area contributed by atoms with E-state index in [0.717, 1.165) is 5.56 Å². The maximum Gasteiger partial charge on any atom is 0.343 e. The van der Waals surface area contributed by atoms with Gasteiger partial charge in [-0.2, -0.15) is 5.10 Å². The van der Waals surface area contributed by atoms with E-state index in [1.807, 2.05) is 13.8 Å².